The van der Waals surface area contributed by atoms with Crippen molar-refractivity contribution in [1.82, 2.24) is 0 Å². The van der Waals surface area contributed by atoms with Gasteiger partial charge in [-0.2, -0.15) is 5.26 Å². The number of nitrogens with one attached hydrogen (secondary N) is 1. The summed E-state index contributed by atoms with van der Waals surface area (Å²) in [6.45, 7) is 0. The van der Waals surface area contributed by atoms with Crippen LogP contribution in [0.25, 0.3) is 6.08 Å². The molecule has 126 valence electrons. The van der Waals surface area contributed by atoms with Gasteiger partial charge in [0.25, 0.3) is 11.6 Å². The van der Waals surface area contributed by atoms with Crippen molar-refractivity contribution in [2.24, 2.45) is 0 Å². The fourth-order valence-corrected chi connectivity index (χ4v) is 2.49. The van der Waals surface area contributed by atoms with Gasteiger partial charge in [0.15, 0.2) is 0 Å². The lowest BCUT2D eigenvalue weighted by Crippen LogP contribution is -2.13. The summed E-state index contributed by atoms with van der Waals surface area (Å²) < 4.78 is 5.87. The number of nitro groups is 1. The molecular formula is C17H12BrN3O4. The lowest BCUT2D eigenvalue weighted by atomic mass is 10.1. The number of halogens is 1. The van der Waals surface area contributed by atoms with Gasteiger partial charge < -0.3 is 10.1 Å². The third-order valence-electron chi connectivity index (χ3n) is 3.12. The first kappa shape index (κ1) is 18.2. The molecule has 2 aromatic rings. The summed E-state index contributed by atoms with van der Waals surface area (Å²) in [6.07, 6.45) is 1.40. The van der Waals surface area contributed by atoms with Crippen LogP contribution in [-0.4, -0.2) is 17.9 Å². The largest absolute Gasteiger partial charge is 0.497 e. The number of hydrogen-bond acceptors (Lipinski definition) is 5. The number of nitriles is 1. The Morgan fingerprint density at radius 1 is 1.36 bits per heavy atom. The smallest absolute Gasteiger partial charge is 0.271 e. The molecule has 0 atom stereocenters. The van der Waals surface area contributed by atoms with Gasteiger partial charge in [-0.05, 0) is 35.9 Å². The maximum Gasteiger partial charge on any atom is 0.271 e. The molecule has 0 spiro atoms. The molecule has 0 bridgehead atoms. The van der Waals surface area contributed by atoms with Crippen molar-refractivity contribution in [1.29, 1.82) is 5.26 Å². The van der Waals surface area contributed by atoms with Gasteiger partial charge in [0.05, 0.1) is 12.0 Å². The van der Waals surface area contributed by atoms with Crippen LogP contribution in [0.5, 0.6) is 5.75 Å². The van der Waals surface area contributed by atoms with Gasteiger partial charge in [0.1, 0.15) is 17.4 Å². The molecule has 0 heterocycles. The first-order valence-electron chi connectivity index (χ1n) is 6.95. The zero-order valence-corrected chi connectivity index (χ0v) is 14.6. The molecule has 0 aromatic heterocycles. The number of nitrogens with zero attached hydrogens (tertiary/aromatic N) is 2. The Labute approximate surface area is 151 Å². The van der Waals surface area contributed by atoms with Crippen LogP contribution in [0.4, 0.5) is 11.4 Å². The van der Waals surface area contributed by atoms with Gasteiger partial charge in [0.2, 0.25) is 0 Å². The highest BCUT2D eigenvalue weighted by atomic mass is 79.9. The highest BCUT2D eigenvalue weighted by Crippen LogP contribution is 2.23. The third-order valence-corrected chi connectivity index (χ3v) is 3.58. The Hall–Kier alpha value is -3.18. The minimum absolute atomic E-state index is 0.147. The summed E-state index contributed by atoms with van der Waals surface area (Å²) in [7, 11) is 1.51. The van der Waals surface area contributed by atoms with E-state index in [-0.39, 0.29) is 16.9 Å². The lowest BCUT2D eigenvalue weighted by Gasteiger charge is -2.05. The predicted molar refractivity (Wildman–Crippen MR) is 96.0 cm³/mol. The Morgan fingerprint density at radius 2 is 2.12 bits per heavy atom. The summed E-state index contributed by atoms with van der Waals surface area (Å²) in [5, 5.41) is 22.5. The van der Waals surface area contributed by atoms with Crippen molar-refractivity contribution in [3.8, 4) is 11.8 Å². The normalized spacial score (nSPS) is 10.7. The molecule has 8 heteroatoms. The first-order chi connectivity index (χ1) is 11.9. The summed E-state index contributed by atoms with van der Waals surface area (Å²) >= 11 is 3.32. The Morgan fingerprint density at radius 3 is 2.76 bits per heavy atom. The molecule has 7 nitrogen and oxygen atoms in total. The van der Waals surface area contributed by atoms with Gasteiger partial charge in [-0.25, -0.2) is 0 Å². The minimum atomic E-state index is -0.665. The van der Waals surface area contributed by atoms with Crippen molar-refractivity contribution in [2.45, 2.75) is 0 Å². The predicted octanol–water partition coefficient (Wildman–Crippen LogP) is 3.91. The van der Waals surface area contributed by atoms with Crippen molar-refractivity contribution in [3.05, 3.63) is 68.2 Å². The standard InChI is InChI=1S/C17H12BrN3O4/c1-25-16-7-11(6-13(18)8-16)5-12(10-19)17(22)20-14-3-2-4-15(9-14)21(23)24/h2-9H,1H3,(H,20,22)/b12-5+. The highest BCUT2D eigenvalue weighted by molar-refractivity contribution is 9.10. The van der Waals surface area contributed by atoms with E-state index >= 15 is 0 Å². The summed E-state index contributed by atoms with van der Waals surface area (Å²) in [4.78, 5) is 22.5. The van der Waals surface area contributed by atoms with Gasteiger partial charge >= 0.3 is 0 Å². The molecule has 2 rings (SSSR count). The van der Waals surface area contributed by atoms with E-state index in [2.05, 4.69) is 21.2 Å². The van der Waals surface area contributed by atoms with Crippen LogP contribution in [0.3, 0.4) is 0 Å². The van der Waals surface area contributed by atoms with Crippen LogP contribution >= 0.6 is 15.9 Å². The minimum Gasteiger partial charge on any atom is -0.497 e. The van der Waals surface area contributed by atoms with Crippen LogP contribution in [0, 0.1) is 21.4 Å². The van der Waals surface area contributed by atoms with Gasteiger partial charge in [-0.3, -0.25) is 14.9 Å². The molecule has 0 saturated carbocycles. The number of hydrogen-bond donors (Lipinski definition) is 1. The van der Waals surface area contributed by atoms with Crippen molar-refractivity contribution >= 4 is 39.3 Å². The Bertz CT molecular complexity index is 903. The van der Waals surface area contributed by atoms with Crippen LogP contribution in [0.15, 0.2) is 52.5 Å². The number of nitro benzene ring substituents is 1. The van der Waals surface area contributed by atoms with E-state index in [1.165, 1.54) is 37.5 Å². The number of amides is 1. The molecule has 25 heavy (non-hydrogen) atoms. The van der Waals surface area contributed by atoms with E-state index in [0.717, 1.165) is 4.47 Å². The Balaban J connectivity index is 2.27. The van der Waals surface area contributed by atoms with E-state index in [0.29, 0.717) is 11.3 Å². The monoisotopic (exact) mass is 401 g/mol. The van der Waals surface area contributed by atoms with E-state index in [4.69, 9.17) is 4.74 Å². The summed E-state index contributed by atoms with van der Waals surface area (Å²) in [5.74, 6) is -0.0982. The number of rotatable bonds is 5. The molecule has 0 fully saturated rings. The average Bonchev–Trinajstić information content (AvgIpc) is 2.59. The van der Waals surface area contributed by atoms with Gasteiger partial charge in [0, 0.05) is 22.3 Å². The van der Waals surface area contributed by atoms with Crippen molar-refractivity contribution in [2.75, 3.05) is 12.4 Å². The lowest BCUT2D eigenvalue weighted by molar-refractivity contribution is -0.384. The molecule has 2 aromatic carbocycles. The Kier molecular flexibility index (Phi) is 5.87. The molecular weight excluding hydrogens is 390 g/mol. The summed E-state index contributed by atoms with van der Waals surface area (Å²) in [6, 6.07) is 12.4. The quantitative estimate of drug-likeness (QED) is 0.353. The molecule has 0 aliphatic carbocycles. The van der Waals surface area contributed by atoms with Crippen LogP contribution < -0.4 is 10.1 Å². The van der Waals surface area contributed by atoms with E-state index in [1.54, 1.807) is 18.2 Å². The average molecular weight is 402 g/mol. The third kappa shape index (κ3) is 4.89. The number of methoxy groups -OCH3 is 1. The SMILES string of the molecule is COc1cc(Br)cc(/C=C(\C#N)C(=O)Nc2cccc([N+](=O)[O-])c2)c1. The maximum absolute atomic E-state index is 12.3. The molecule has 0 aliphatic rings. The second-order valence-electron chi connectivity index (χ2n) is 4.86. The number of carbonyl (C=O) groups excluding carboxylic acids is 1. The molecule has 1 N–H and O–H groups in total. The topological polar surface area (TPSA) is 105 Å². The van der Waals surface area contributed by atoms with E-state index in [1.807, 2.05) is 6.07 Å². The number of non-ortho nitro benzene ring substituents is 1. The maximum atomic E-state index is 12.3. The fraction of sp³-hybridized carbons (Fsp3) is 0.0588. The van der Waals surface area contributed by atoms with Crippen molar-refractivity contribution in [3.63, 3.8) is 0 Å². The van der Waals surface area contributed by atoms with E-state index < -0.39 is 10.8 Å². The fourth-order valence-electron chi connectivity index (χ4n) is 2.00. The van der Waals surface area contributed by atoms with E-state index in [9.17, 15) is 20.2 Å². The van der Waals surface area contributed by atoms with Gasteiger partial charge in [-0.1, -0.05) is 22.0 Å². The zero-order valence-electron chi connectivity index (χ0n) is 13.0. The first-order valence-corrected chi connectivity index (χ1v) is 7.74. The zero-order chi connectivity index (χ0) is 18.4. The number of benzene rings is 2. The molecule has 0 radical (unpaired) electrons. The molecule has 0 aliphatic heterocycles. The second kappa shape index (κ2) is 8.08. The highest BCUT2D eigenvalue weighted by Gasteiger charge is 2.12. The van der Waals surface area contributed by atoms with Gasteiger partial charge in [-0.15, -0.1) is 0 Å². The summed E-state index contributed by atoms with van der Waals surface area (Å²) in [5.41, 5.74) is 0.521. The number of anilines is 1. The number of ether oxygens (including phenoxy) is 1. The molecule has 1 amide bonds. The van der Waals surface area contributed by atoms with Crippen molar-refractivity contribution < 1.29 is 14.5 Å². The molecule has 0 saturated heterocycles. The van der Waals surface area contributed by atoms with Crippen LogP contribution in [-0.2, 0) is 4.79 Å². The van der Waals surface area contributed by atoms with Crippen LogP contribution in [0.2, 0.25) is 0 Å². The number of carbonyl (C=O) groups is 1. The second-order valence-corrected chi connectivity index (χ2v) is 5.77. The molecule has 0 unspecified atom stereocenters. The van der Waals surface area contributed by atoms with Crippen LogP contribution in [0.1, 0.15) is 5.56 Å².